The minimum absolute atomic E-state index is 0.297. The van der Waals surface area contributed by atoms with Gasteiger partial charge in [-0.15, -0.1) is 5.92 Å². The summed E-state index contributed by atoms with van der Waals surface area (Å²) in [4.78, 5) is 0. The lowest BCUT2D eigenvalue weighted by Gasteiger charge is -2.02. The molecule has 3 heteroatoms. The highest BCUT2D eigenvalue weighted by Crippen LogP contribution is 2.21. The summed E-state index contributed by atoms with van der Waals surface area (Å²) < 4.78 is 18.4. The third-order valence-corrected chi connectivity index (χ3v) is 1.99. The normalized spacial score (nSPS) is 8.85. The first kappa shape index (κ1) is 10.1. The molecule has 0 aliphatic carbocycles. The predicted octanol–water partition coefficient (Wildman–Crippen LogP) is 2.99. The Morgan fingerprint density at radius 1 is 1.54 bits per heavy atom. The molecule has 1 nitrogen and oxygen atoms in total. The molecule has 1 rings (SSSR count). The molecule has 0 aromatic heterocycles. The van der Waals surface area contributed by atoms with Gasteiger partial charge in [-0.25, -0.2) is 4.39 Å². The summed E-state index contributed by atoms with van der Waals surface area (Å²) in [6.07, 6.45) is 0. The fourth-order valence-corrected chi connectivity index (χ4v) is 1.12. The van der Waals surface area contributed by atoms with E-state index in [1.807, 2.05) is 0 Å². The standard InChI is InChI=1S/C10H8BrFO/c1-2-3-6-13-8-4-5-10(12)9(11)7-8/h4-5,7H,6H2,1H3. The first-order chi connectivity index (χ1) is 6.24. The SMILES string of the molecule is CC#CCOc1ccc(F)c(Br)c1. The zero-order valence-corrected chi connectivity index (χ0v) is 8.69. The van der Waals surface area contributed by atoms with Crippen LogP contribution in [0.15, 0.2) is 22.7 Å². The van der Waals surface area contributed by atoms with Gasteiger partial charge in [-0.3, -0.25) is 0 Å². The quantitative estimate of drug-likeness (QED) is 0.725. The molecule has 68 valence electrons. The van der Waals surface area contributed by atoms with Crippen LogP contribution in [0.5, 0.6) is 5.75 Å². The summed E-state index contributed by atoms with van der Waals surface area (Å²) >= 11 is 3.06. The van der Waals surface area contributed by atoms with Crippen LogP contribution in [-0.4, -0.2) is 6.61 Å². The largest absolute Gasteiger partial charge is 0.481 e. The highest BCUT2D eigenvalue weighted by Gasteiger charge is 1.99. The lowest BCUT2D eigenvalue weighted by atomic mass is 10.3. The van der Waals surface area contributed by atoms with Crippen LogP contribution in [0.2, 0.25) is 0 Å². The molecule has 0 saturated heterocycles. The maximum Gasteiger partial charge on any atom is 0.149 e. The monoisotopic (exact) mass is 242 g/mol. The lowest BCUT2D eigenvalue weighted by molar-refractivity contribution is 0.369. The van der Waals surface area contributed by atoms with Crippen LogP contribution >= 0.6 is 15.9 Å². The van der Waals surface area contributed by atoms with Crippen molar-refractivity contribution in [2.24, 2.45) is 0 Å². The van der Waals surface area contributed by atoms with Crippen molar-refractivity contribution in [3.05, 3.63) is 28.5 Å². The number of hydrogen-bond acceptors (Lipinski definition) is 1. The Kier molecular flexibility index (Phi) is 3.78. The second kappa shape index (κ2) is 4.88. The zero-order valence-electron chi connectivity index (χ0n) is 7.10. The molecule has 0 aliphatic rings. The van der Waals surface area contributed by atoms with Crippen molar-refractivity contribution in [1.82, 2.24) is 0 Å². The van der Waals surface area contributed by atoms with Crippen molar-refractivity contribution in [2.75, 3.05) is 6.61 Å². The van der Waals surface area contributed by atoms with E-state index in [9.17, 15) is 4.39 Å². The van der Waals surface area contributed by atoms with Crippen molar-refractivity contribution >= 4 is 15.9 Å². The van der Waals surface area contributed by atoms with Crippen molar-refractivity contribution in [1.29, 1.82) is 0 Å². The average molecular weight is 243 g/mol. The fraction of sp³-hybridized carbons (Fsp3) is 0.200. The van der Waals surface area contributed by atoms with Crippen LogP contribution in [0.4, 0.5) is 4.39 Å². The molecule has 0 saturated carbocycles. The van der Waals surface area contributed by atoms with Gasteiger partial charge in [0.15, 0.2) is 0 Å². The number of benzene rings is 1. The number of ether oxygens (including phenoxy) is 1. The van der Waals surface area contributed by atoms with E-state index in [0.29, 0.717) is 16.8 Å². The Balaban J connectivity index is 2.66. The maximum atomic E-state index is 12.8. The molecule has 1 aromatic rings. The van der Waals surface area contributed by atoms with E-state index in [1.165, 1.54) is 6.07 Å². The highest BCUT2D eigenvalue weighted by molar-refractivity contribution is 9.10. The second-order valence-electron chi connectivity index (χ2n) is 2.29. The number of rotatable bonds is 2. The van der Waals surface area contributed by atoms with Crippen LogP contribution in [0.25, 0.3) is 0 Å². The molecule has 0 radical (unpaired) electrons. The topological polar surface area (TPSA) is 9.23 Å². The van der Waals surface area contributed by atoms with Crippen LogP contribution in [0.3, 0.4) is 0 Å². The fourth-order valence-electron chi connectivity index (χ4n) is 0.758. The lowest BCUT2D eigenvalue weighted by Crippen LogP contribution is -1.93. The molecular formula is C10H8BrFO. The van der Waals surface area contributed by atoms with Crippen LogP contribution < -0.4 is 4.74 Å². The molecule has 0 spiro atoms. The van der Waals surface area contributed by atoms with Crippen molar-refractivity contribution in [3.63, 3.8) is 0 Å². The van der Waals surface area contributed by atoms with Gasteiger partial charge in [-0.05, 0) is 41.1 Å². The van der Waals surface area contributed by atoms with Gasteiger partial charge in [0.2, 0.25) is 0 Å². The second-order valence-corrected chi connectivity index (χ2v) is 3.15. The minimum atomic E-state index is -0.297. The predicted molar refractivity (Wildman–Crippen MR) is 53.0 cm³/mol. The van der Waals surface area contributed by atoms with Gasteiger partial charge in [0.25, 0.3) is 0 Å². The summed E-state index contributed by atoms with van der Waals surface area (Å²) in [7, 11) is 0. The van der Waals surface area contributed by atoms with Crippen LogP contribution in [0, 0.1) is 17.7 Å². The Morgan fingerprint density at radius 3 is 2.92 bits per heavy atom. The van der Waals surface area contributed by atoms with E-state index in [4.69, 9.17) is 4.74 Å². The summed E-state index contributed by atoms with van der Waals surface area (Å²) in [5, 5.41) is 0. The van der Waals surface area contributed by atoms with Crippen LogP contribution in [0.1, 0.15) is 6.92 Å². The molecule has 0 aliphatic heterocycles. The van der Waals surface area contributed by atoms with Gasteiger partial charge < -0.3 is 4.74 Å². The molecular weight excluding hydrogens is 235 g/mol. The molecule has 0 amide bonds. The first-order valence-corrected chi connectivity index (χ1v) is 4.51. The minimum Gasteiger partial charge on any atom is -0.481 e. The summed E-state index contributed by atoms with van der Waals surface area (Å²) in [6, 6.07) is 4.49. The van der Waals surface area contributed by atoms with E-state index in [0.717, 1.165) is 0 Å². The molecule has 0 bridgehead atoms. The maximum absolute atomic E-state index is 12.8. The summed E-state index contributed by atoms with van der Waals surface area (Å²) in [5.41, 5.74) is 0. The number of halogens is 2. The first-order valence-electron chi connectivity index (χ1n) is 3.71. The third kappa shape index (κ3) is 3.08. The van der Waals surface area contributed by atoms with Gasteiger partial charge >= 0.3 is 0 Å². The number of hydrogen-bond donors (Lipinski definition) is 0. The van der Waals surface area contributed by atoms with Crippen LogP contribution in [-0.2, 0) is 0 Å². The molecule has 0 atom stereocenters. The Hall–Kier alpha value is -1.01. The van der Waals surface area contributed by atoms with E-state index in [1.54, 1.807) is 19.1 Å². The Bertz CT molecular complexity index is 352. The molecule has 1 aromatic carbocycles. The molecule has 13 heavy (non-hydrogen) atoms. The van der Waals surface area contributed by atoms with Gasteiger partial charge in [-0.1, -0.05) is 5.92 Å². The molecule has 0 N–H and O–H groups in total. The van der Waals surface area contributed by atoms with Crippen molar-refractivity contribution in [3.8, 4) is 17.6 Å². The Morgan fingerprint density at radius 2 is 2.31 bits per heavy atom. The smallest absolute Gasteiger partial charge is 0.149 e. The third-order valence-electron chi connectivity index (χ3n) is 1.38. The molecule has 0 unspecified atom stereocenters. The van der Waals surface area contributed by atoms with E-state index in [2.05, 4.69) is 27.8 Å². The Labute approximate surface area is 85.0 Å². The molecule has 0 fully saturated rings. The van der Waals surface area contributed by atoms with E-state index >= 15 is 0 Å². The van der Waals surface area contributed by atoms with E-state index < -0.39 is 0 Å². The van der Waals surface area contributed by atoms with Crippen molar-refractivity contribution in [2.45, 2.75) is 6.92 Å². The van der Waals surface area contributed by atoms with Crippen molar-refractivity contribution < 1.29 is 9.13 Å². The van der Waals surface area contributed by atoms with E-state index in [-0.39, 0.29) is 5.82 Å². The highest BCUT2D eigenvalue weighted by atomic mass is 79.9. The van der Waals surface area contributed by atoms with Gasteiger partial charge in [0.1, 0.15) is 18.2 Å². The zero-order chi connectivity index (χ0) is 9.68. The summed E-state index contributed by atoms with van der Waals surface area (Å²) in [5.74, 6) is 5.76. The molecule has 0 heterocycles. The summed E-state index contributed by atoms with van der Waals surface area (Å²) in [6.45, 7) is 2.07. The van der Waals surface area contributed by atoms with Gasteiger partial charge in [-0.2, -0.15) is 0 Å². The average Bonchev–Trinajstić information content (AvgIpc) is 2.12. The van der Waals surface area contributed by atoms with Gasteiger partial charge in [0.05, 0.1) is 4.47 Å². The van der Waals surface area contributed by atoms with Gasteiger partial charge in [0, 0.05) is 0 Å².